The summed E-state index contributed by atoms with van der Waals surface area (Å²) in [7, 11) is 0. The number of nitrogens with one attached hydrogen (secondary N) is 1. The number of H-pyrrole nitrogens is 1. The van der Waals surface area contributed by atoms with Gasteiger partial charge in [-0.2, -0.15) is 0 Å². The number of aromatic amines is 1. The van der Waals surface area contributed by atoms with Crippen LogP contribution in [0.4, 0.5) is 0 Å². The SMILES string of the molecule is O=C(O)C1CCC[C@H]2CN3CCc4c([nH]c5ccccc45)[C@@H]3C[C@H]12. The first kappa shape index (κ1) is 14.5. The number of benzene rings is 1. The van der Waals surface area contributed by atoms with E-state index in [1.165, 1.54) is 28.6 Å². The van der Waals surface area contributed by atoms with Gasteiger partial charge in [0.25, 0.3) is 0 Å². The number of rotatable bonds is 1. The summed E-state index contributed by atoms with van der Waals surface area (Å²) in [6.07, 6.45) is 5.26. The predicted molar refractivity (Wildman–Crippen MR) is 92.9 cm³/mol. The summed E-state index contributed by atoms with van der Waals surface area (Å²) in [5.74, 6) is 0.198. The molecule has 3 aliphatic rings. The molecular formula is C20H24N2O2. The highest BCUT2D eigenvalue weighted by Crippen LogP contribution is 2.48. The highest BCUT2D eigenvalue weighted by molar-refractivity contribution is 5.85. The monoisotopic (exact) mass is 324 g/mol. The van der Waals surface area contributed by atoms with Gasteiger partial charge in [0.2, 0.25) is 0 Å². The molecule has 0 bridgehead atoms. The Balaban J connectivity index is 1.54. The van der Waals surface area contributed by atoms with Crippen LogP contribution >= 0.6 is 0 Å². The second-order valence-corrected chi connectivity index (χ2v) is 7.86. The molecule has 0 spiro atoms. The Bertz CT molecular complexity index is 796. The normalized spacial score (nSPS) is 32.8. The van der Waals surface area contributed by atoms with E-state index >= 15 is 0 Å². The van der Waals surface area contributed by atoms with E-state index in [1.807, 2.05) is 0 Å². The van der Waals surface area contributed by atoms with Crippen molar-refractivity contribution >= 4 is 16.9 Å². The molecule has 4 nitrogen and oxygen atoms in total. The summed E-state index contributed by atoms with van der Waals surface area (Å²) in [5.41, 5.74) is 4.05. The van der Waals surface area contributed by atoms with Crippen molar-refractivity contribution < 1.29 is 9.90 Å². The molecule has 1 saturated carbocycles. The fourth-order valence-corrected chi connectivity index (χ4v) is 5.66. The van der Waals surface area contributed by atoms with Gasteiger partial charge in [0.05, 0.1) is 12.0 Å². The number of aliphatic carboxylic acids is 1. The quantitative estimate of drug-likeness (QED) is 0.843. The molecule has 24 heavy (non-hydrogen) atoms. The van der Waals surface area contributed by atoms with Crippen molar-refractivity contribution in [1.29, 1.82) is 0 Å². The summed E-state index contributed by atoms with van der Waals surface area (Å²) in [6, 6.07) is 8.95. The lowest BCUT2D eigenvalue weighted by atomic mass is 9.66. The number of aromatic nitrogens is 1. The van der Waals surface area contributed by atoms with Gasteiger partial charge in [-0.3, -0.25) is 9.69 Å². The molecule has 0 amide bonds. The molecule has 0 radical (unpaired) electrons. The topological polar surface area (TPSA) is 56.3 Å². The van der Waals surface area contributed by atoms with Gasteiger partial charge in [-0.15, -0.1) is 0 Å². The van der Waals surface area contributed by atoms with Crippen molar-refractivity contribution in [2.24, 2.45) is 17.8 Å². The molecule has 3 heterocycles. The van der Waals surface area contributed by atoms with Crippen LogP contribution in [0.5, 0.6) is 0 Å². The van der Waals surface area contributed by atoms with Gasteiger partial charge >= 0.3 is 5.97 Å². The highest BCUT2D eigenvalue weighted by Gasteiger charge is 2.46. The smallest absolute Gasteiger partial charge is 0.306 e. The molecule has 1 aromatic carbocycles. The predicted octanol–water partition coefficient (Wildman–Crippen LogP) is 3.59. The molecule has 2 fully saturated rings. The Kier molecular flexibility index (Phi) is 3.24. The molecule has 2 aromatic rings. The van der Waals surface area contributed by atoms with Crippen LogP contribution in [0.25, 0.3) is 10.9 Å². The zero-order chi connectivity index (χ0) is 16.3. The third-order valence-electron chi connectivity index (χ3n) is 6.76. The minimum absolute atomic E-state index is 0.138. The number of carbonyl (C=O) groups is 1. The lowest BCUT2D eigenvalue weighted by molar-refractivity contribution is -0.148. The first-order valence-electron chi connectivity index (χ1n) is 9.28. The molecule has 4 heteroatoms. The molecule has 2 aliphatic heterocycles. The van der Waals surface area contributed by atoms with Crippen molar-refractivity contribution in [3.63, 3.8) is 0 Å². The molecule has 126 valence electrons. The maximum atomic E-state index is 11.7. The van der Waals surface area contributed by atoms with Gasteiger partial charge in [-0.05, 0) is 49.1 Å². The summed E-state index contributed by atoms with van der Waals surface area (Å²) < 4.78 is 0. The number of carboxylic acid groups (broad SMARTS) is 1. The van der Waals surface area contributed by atoms with Crippen LogP contribution in [0, 0.1) is 17.8 Å². The molecule has 1 aromatic heterocycles. The molecule has 1 aliphatic carbocycles. The van der Waals surface area contributed by atoms with Crippen molar-refractivity contribution in [1.82, 2.24) is 9.88 Å². The van der Waals surface area contributed by atoms with E-state index in [4.69, 9.17) is 0 Å². The van der Waals surface area contributed by atoms with Crippen LogP contribution in [0.2, 0.25) is 0 Å². The summed E-state index contributed by atoms with van der Waals surface area (Å²) in [6.45, 7) is 2.19. The third-order valence-corrected chi connectivity index (χ3v) is 6.76. The number of fused-ring (bicyclic) bond motifs is 6. The van der Waals surface area contributed by atoms with E-state index in [-0.39, 0.29) is 5.92 Å². The Hall–Kier alpha value is -1.81. The van der Waals surface area contributed by atoms with Crippen molar-refractivity contribution in [3.05, 3.63) is 35.5 Å². The van der Waals surface area contributed by atoms with Gasteiger partial charge < -0.3 is 10.1 Å². The number of nitrogens with zero attached hydrogens (tertiary/aromatic N) is 1. The molecular weight excluding hydrogens is 300 g/mol. The number of carboxylic acids is 1. The van der Waals surface area contributed by atoms with Crippen LogP contribution in [0.1, 0.15) is 43.0 Å². The van der Waals surface area contributed by atoms with Crippen LogP contribution < -0.4 is 0 Å². The average Bonchev–Trinajstić information content (AvgIpc) is 2.98. The zero-order valence-corrected chi connectivity index (χ0v) is 13.9. The van der Waals surface area contributed by atoms with Gasteiger partial charge in [0.15, 0.2) is 0 Å². The number of piperidine rings is 1. The summed E-state index contributed by atoms with van der Waals surface area (Å²) >= 11 is 0. The van der Waals surface area contributed by atoms with E-state index in [0.29, 0.717) is 17.9 Å². The maximum Gasteiger partial charge on any atom is 0.306 e. The number of hydrogen-bond donors (Lipinski definition) is 2. The Labute approximate surface area is 141 Å². The van der Waals surface area contributed by atoms with E-state index in [2.05, 4.69) is 34.1 Å². The Morgan fingerprint density at radius 3 is 3.00 bits per heavy atom. The van der Waals surface area contributed by atoms with E-state index in [0.717, 1.165) is 38.8 Å². The van der Waals surface area contributed by atoms with Crippen molar-refractivity contribution in [2.75, 3.05) is 13.1 Å². The molecule has 4 atom stereocenters. The van der Waals surface area contributed by atoms with Crippen LogP contribution in [-0.4, -0.2) is 34.0 Å². The fourth-order valence-electron chi connectivity index (χ4n) is 5.66. The minimum Gasteiger partial charge on any atom is -0.481 e. The second-order valence-electron chi connectivity index (χ2n) is 7.86. The molecule has 5 rings (SSSR count). The molecule has 2 N–H and O–H groups in total. The Morgan fingerprint density at radius 2 is 2.12 bits per heavy atom. The van der Waals surface area contributed by atoms with E-state index in [9.17, 15) is 9.90 Å². The van der Waals surface area contributed by atoms with Crippen molar-refractivity contribution in [3.8, 4) is 0 Å². The molecule has 1 unspecified atom stereocenters. The second kappa shape index (κ2) is 5.35. The lowest BCUT2D eigenvalue weighted by Gasteiger charge is -2.49. The average molecular weight is 324 g/mol. The van der Waals surface area contributed by atoms with Gasteiger partial charge in [0, 0.05) is 29.7 Å². The number of hydrogen-bond acceptors (Lipinski definition) is 2. The third kappa shape index (κ3) is 2.05. The van der Waals surface area contributed by atoms with Gasteiger partial charge in [-0.1, -0.05) is 24.6 Å². The summed E-state index contributed by atoms with van der Waals surface area (Å²) in [4.78, 5) is 18.0. The maximum absolute atomic E-state index is 11.7. The van der Waals surface area contributed by atoms with Crippen molar-refractivity contribution in [2.45, 2.75) is 38.1 Å². The van der Waals surface area contributed by atoms with E-state index in [1.54, 1.807) is 0 Å². The van der Waals surface area contributed by atoms with Gasteiger partial charge in [-0.25, -0.2) is 0 Å². The first-order valence-corrected chi connectivity index (χ1v) is 9.28. The van der Waals surface area contributed by atoms with E-state index < -0.39 is 5.97 Å². The largest absolute Gasteiger partial charge is 0.481 e. The lowest BCUT2D eigenvalue weighted by Crippen LogP contribution is -2.50. The minimum atomic E-state index is -0.578. The Morgan fingerprint density at radius 1 is 1.25 bits per heavy atom. The summed E-state index contributed by atoms with van der Waals surface area (Å²) in [5, 5.41) is 11.0. The van der Waals surface area contributed by atoms with Gasteiger partial charge in [0.1, 0.15) is 0 Å². The van der Waals surface area contributed by atoms with Crippen LogP contribution in [-0.2, 0) is 11.2 Å². The highest BCUT2D eigenvalue weighted by atomic mass is 16.4. The number of para-hydroxylation sites is 1. The first-order chi connectivity index (χ1) is 11.7. The standard InChI is InChI=1S/C20H24N2O2/c23-20(24)15-6-3-4-12-11-22-9-8-14-13-5-1-2-7-17(13)21-19(14)18(22)10-16(12)15/h1-2,5,7,12,15-16,18,21H,3-4,6,8-11H2,(H,23,24)/t12-,15?,16-,18-/m0/s1. The molecule has 1 saturated heterocycles. The van der Waals surface area contributed by atoms with Crippen LogP contribution in [0.15, 0.2) is 24.3 Å². The zero-order valence-electron chi connectivity index (χ0n) is 13.9. The van der Waals surface area contributed by atoms with Crippen LogP contribution in [0.3, 0.4) is 0 Å². The fraction of sp³-hybridized carbons (Fsp3) is 0.550.